The Balaban J connectivity index is 1.50. The van der Waals surface area contributed by atoms with E-state index in [2.05, 4.69) is 30.8 Å². The van der Waals surface area contributed by atoms with Crippen molar-refractivity contribution in [2.45, 2.75) is 29.9 Å². The van der Waals surface area contributed by atoms with Gasteiger partial charge in [0.15, 0.2) is 17.6 Å². The minimum atomic E-state index is -1.80. The highest BCUT2D eigenvalue weighted by molar-refractivity contribution is 9.10. The van der Waals surface area contributed by atoms with Crippen LogP contribution in [0.5, 0.6) is 17.4 Å². The number of alkyl halides is 2. The van der Waals surface area contributed by atoms with Crippen molar-refractivity contribution in [3.63, 3.8) is 0 Å². The Morgan fingerprint density at radius 1 is 1.20 bits per heavy atom. The number of aromatic nitrogens is 2. The molecule has 6 nitrogen and oxygen atoms in total. The molecule has 30 heavy (non-hydrogen) atoms. The van der Waals surface area contributed by atoms with E-state index in [1.807, 2.05) is 6.07 Å². The lowest BCUT2D eigenvalue weighted by Crippen LogP contribution is -2.34. The van der Waals surface area contributed by atoms with Gasteiger partial charge in [0.1, 0.15) is 6.33 Å². The molecule has 8 heteroatoms. The maximum atomic E-state index is 14.7. The molecule has 1 aliphatic heterocycles. The molecule has 0 amide bonds. The molecule has 160 valence electrons. The van der Waals surface area contributed by atoms with E-state index in [0.717, 1.165) is 13.0 Å². The van der Waals surface area contributed by atoms with Crippen LogP contribution in [0.25, 0.3) is 10.9 Å². The van der Waals surface area contributed by atoms with E-state index in [-0.39, 0.29) is 5.88 Å². The van der Waals surface area contributed by atoms with Crippen molar-refractivity contribution in [2.24, 2.45) is 0 Å². The predicted molar refractivity (Wildman–Crippen MR) is 117 cm³/mol. The molecule has 2 heterocycles. The average Bonchev–Trinajstić information content (AvgIpc) is 3.26. The summed E-state index contributed by atoms with van der Waals surface area (Å²) < 4.78 is 30.2. The number of hydrogen-bond donors (Lipinski definition) is 0. The van der Waals surface area contributed by atoms with E-state index in [9.17, 15) is 4.39 Å². The summed E-state index contributed by atoms with van der Waals surface area (Å²) in [5.41, 5.74) is 0.643. The minimum absolute atomic E-state index is 0.283. The highest BCUT2D eigenvalue weighted by Gasteiger charge is 2.36. The molecular weight excluding hydrogens is 453 g/mol. The van der Waals surface area contributed by atoms with Crippen LogP contribution in [-0.4, -0.2) is 58.9 Å². The lowest BCUT2D eigenvalue weighted by molar-refractivity contribution is 0.143. The second-order valence-electron chi connectivity index (χ2n) is 7.41. The van der Waals surface area contributed by atoms with Gasteiger partial charge in [-0.05, 0) is 66.5 Å². The summed E-state index contributed by atoms with van der Waals surface area (Å²) >= 11 is 3.06. The fourth-order valence-corrected chi connectivity index (χ4v) is 4.09. The maximum absolute atomic E-state index is 14.7. The van der Waals surface area contributed by atoms with Gasteiger partial charge >= 0.3 is 0 Å². The number of rotatable bonds is 8. The highest BCUT2D eigenvalue weighted by atomic mass is 79.9. The summed E-state index contributed by atoms with van der Waals surface area (Å²) in [4.78, 5) is 11.0. The summed E-state index contributed by atoms with van der Waals surface area (Å²) in [7, 11) is 1.59. The van der Waals surface area contributed by atoms with Crippen molar-refractivity contribution in [1.82, 2.24) is 14.9 Å². The number of benzene rings is 1. The van der Waals surface area contributed by atoms with Gasteiger partial charge in [-0.25, -0.2) is 14.4 Å². The maximum Gasteiger partial charge on any atom is 0.225 e. The molecule has 4 rings (SSSR count). The van der Waals surface area contributed by atoms with Crippen LogP contribution in [0.1, 0.15) is 19.3 Å². The fraction of sp³-hybridized carbons (Fsp3) is 0.455. The average molecular weight is 478 g/mol. The molecule has 0 bridgehead atoms. The molecule has 2 aromatic rings. The quantitative estimate of drug-likeness (QED) is 0.413. The first-order chi connectivity index (χ1) is 14.6. The molecule has 1 aliphatic carbocycles. The lowest BCUT2D eigenvalue weighted by Gasteiger charge is -2.26. The zero-order chi connectivity index (χ0) is 21.0. The molecule has 2 unspecified atom stereocenters. The van der Waals surface area contributed by atoms with E-state index in [0.29, 0.717) is 29.0 Å². The third-order valence-corrected chi connectivity index (χ3v) is 6.01. The molecule has 0 radical (unpaired) electrons. The van der Waals surface area contributed by atoms with Crippen molar-refractivity contribution in [1.29, 1.82) is 0 Å². The number of nitrogens with zero attached hydrogens (tertiary/aromatic N) is 3. The Labute approximate surface area is 183 Å². The van der Waals surface area contributed by atoms with Crippen molar-refractivity contribution in [3.8, 4) is 17.4 Å². The summed E-state index contributed by atoms with van der Waals surface area (Å²) in [5, 5.41) is 0.630. The number of hydrogen-bond acceptors (Lipinski definition) is 6. The topological polar surface area (TPSA) is 56.7 Å². The smallest absolute Gasteiger partial charge is 0.225 e. The number of likely N-dealkylation sites (tertiary alicyclic amines) is 1. The van der Waals surface area contributed by atoms with Gasteiger partial charge in [0.2, 0.25) is 10.5 Å². The summed E-state index contributed by atoms with van der Waals surface area (Å²) in [5.74, 6) is 1.47. The summed E-state index contributed by atoms with van der Waals surface area (Å²) in [6.07, 6.45) is 10.5. The van der Waals surface area contributed by atoms with Gasteiger partial charge in [0.25, 0.3) is 0 Å². The van der Waals surface area contributed by atoms with Crippen molar-refractivity contribution < 1.29 is 18.6 Å². The van der Waals surface area contributed by atoms with E-state index in [4.69, 9.17) is 14.2 Å². The van der Waals surface area contributed by atoms with Crippen molar-refractivity contribution in [3.05, 3.63) is 42.8 Å². The molecule has 1 aromatic carbocycles. The first-order valence-corrected chi connectivity index (χ1v) is 10.9. The minimum Gasteiger partial charge on any atom is -0.493 e. The van der Waals surface area contributed by atoms with Crippen molar-refractivity contribution in [2.75, 3.05) is 33.4 Å². The van der Waals surface area contributed by atoms with Crippen LogP contribution in [0.3, 0.4) is 0 Å². The monoisotopic (exact) mass is 477 g/mol. The fourth-order valence-electron chi connectivity index (χ4n) is 3.69. The summed E-state index contributed by atoms with van der Waals surface area (Å²) in [6.45, 7) is 4.00. The van der Waals surface area contributed by atoms with Crippen LogP contribution in [0.2, 0.25) is 0 Å². The number of methoxy groups -OCH3 is 1. The second kappa shape index (κ2) is 9.31. The SMILES string of the molecule is COc1cc2c(OC3C=CC=CC3(F)Br)ncnc2cc1OCCCN1CCCC1. The van der Waals surface area contributed by atoms with E-state index < -0.39 is 10.7 Å². The molecular formula is C22H25BrFN3O3. The van der Waals surface area contributed by atoms with Gasteiger partial charge < -0.3 is 19.1 Å². The Morgan fingerprint density at radius 2 is 2.03 bits per heavy atom. The van der Waals surface area contributed by atoms with Gasteiger partial charge in [0, 0.05) is 12.6 Å². The van der Waals surface area contributed by atoms with Crippen LogP contribution in [0.4, 0.5) is 4.39 Å². The van der Waals surface area contributed by atoms with Crippen LogP contribution in [-0.2, 0) is 0 Å². The van der Waals surface area contributed by atoms with Crippen LogP contribution < -0.4 is 14.2 Å². The van der Waals surface area contributed by atoms with E-state index in [1.165, 1.54) is 38.3 Å². The van der Waals surface area contributed by atoms with E-state index in [1.54, 1.807) is 31.4 Å². The first-order valence-electron chi connectivity index (χ1n) is 10.2. The Morgan fingerprint density at radius 3 is 2.80 bits per heavy atom. The standard InChI is InChI=1S/C22H25BrFN3O3/c1-28-18-13-16-17(14-19(18)29-12-6-11-27-9-4-5-10-27)25-15-26-21(16)30-20-7-2-3-8-22(20,23)24/h2-3,7-8,13-15,20H,4-6,9-12H2,1H3. The van der Waals surface area contributed by atoms with Gasteiger partial charge in [-0.15, -0.1) is 0 Å². The zero-order valence-corrected chi connectivity index (χ0v) is 18.5. The third-order valence-electron chi connectivity index (χ3n) is 5.29. The zero-order valence-electron chi connectivity index (χ0n) is 16.9. The molecule has 2 aliphatic rings. The first kappa shape index (κ1) is 21.1. The summed E-state index contributed by atoms with van der Waals surface area (Å²) in [6, 6.07) is 3.59. The van der Waals surface area contributed by atoms with Gasteiger partial charge in [0.05, 0.1) is 24.6 Å². The largest absolute Gasteiger partial charge is 0.493 e. The second-order valence-corrected chi connectivity index (χ2v) is 8.62. The number of ether oxygens (including phenoxy) is 3. The van der Waals surface area contributed by atoms with Crippen LogP contribution >= 0.6 is 15.9 Å². The number of fused-ring (bicyclic) bond motifs is 1. The molecule has 2 atom stereocenters. The molecule has 1 fully saturated rings. The third kappa shape index (κ3) is 4.75. The van der Waals surface area contributed by atoms with E-state index >= 15 is 0 Å². The Bertz CT molecular complexity index is 945. The Kier molecular flexibility index (Phi) is 6.53. The number of allylic oxidation sites excluding steroid dienone is 2. The molecule has 0 spiro atoms. The molecule has 1 saturated heterocycles. The molecule has 0 N–H and O–H groups in total. The molecule has 0 saturated carbocycles. The predicted octanol–water partition coefficient (Wildman–Crippen LogP) is 4.44. The number of halogens is 2. The van der Waals surface area contributed by atoms with Crippen LogP contribution in [0, 0.1) is 0 Å². The van der Waals surface area contributed by atoms with Crippen molar-refractivity contribution >= 4 is 26.8 Å². The van der Waals surface area contributed by atoms with Gasteiger partial charge in [-0.3, -0.25) is 0 Å². The van der Waals surface area contributed by atoms with Gasteiger partial charge in [-0.1, -0.05) is 12.2 Å². The molecule has 1 aromatic heterocycles. The Hall–Kier alpha value is -2.19. The van der Waals surface area contributed by atoms with Gasteiger partial charge in [-0.2, -0.15) is 0 Å². The van der Waals surface area contributed by atoms with Crippen LogP contribution in [0.15, 0.2) is 42.8 Å². The highest BCUT2D eigenvalue weighted by Crippen LogP contribution is 2.37. The normalized spacial score (nSPS) is 23.8. The lowest BCUT2D eigenvalue weighted by atomic mass is 10.1.